The maximum absolute atomic E-state index is 13.9. The average molecular weight is 488 g/mol. The van der Waals surface area contributed by atoms with Gasteiger partial charge in [0.05, 0.1) is 22.5 Å². The standard InChI is InChI=1S/C29H29NO6/c1-29(2)16-21(31)25-23(36-29)15-22(35-24(32)11-7-8-12-34-4)26-27(25)30(3)20-14-18-10-6-5-9-17(18)13-19(20)28(26)33/h5-7,9-11,13-15,21,31H,8,12,16H2,1-4H3. The van der Waals surface area contributed by atoms with Crippen molar-refractivity contribution in [3.05, 3.63) is 70.4 Å². The number of aliphatic hydroxyl groups is 1. The summed E-state index contributed by atoms with van der Waals surface area (Å²) in [6, 6.07) is 13.2. The molecule has 3 aromatic carbocycles. The van der Waals surface area contributed by atoms with Gasteiger partial charge in [0.25, 0.3) is 0 Å². The predicted octanol–water partition coefficient (Wildman–Crippen LogP) is 4.94. The monoisotopic (exact) mass is 487 g/mol. The smallest absolute Gasteiger partial charge is 0.335 e. The number of aryl methyl sites for hydroxylation is 1. The summed E-state index contributed by atoms with van der Waals surface area (Å²) in [7, 11) is 3.44. The summed E-state index contributed by atoms with van der Waals surface area (Å²) in [5.74, 6) is -0.109. The van der Waals surface area contributed by atoms with Crippen molar-refractivity contribution in [2.75, 3.05) is 13.7 Å². The van der Waals surface area contributed by atoms with Crippen molar-refractivity contribution < 1.29 is 24.1 Å². The second-order valence-corrected chi connectivity index (χ2v) is 9.80. The van der Waals surface area contributed by atoms with Crippen molar-refractivity contribution in [3.63, 3.8) is 0 Å². The number of carbonyl (C=O) groups is 1. The fourth-order valence-corrected chi connectivity index (χ4v) is 5.05. The maximum atomic E-state index is 13.9. The first kappa shape index (κ1) is 24.0. The van der Waals surface area contributed by atoms with Crippen LogP contribution in [0.2, 0.25) is 0 Å². The van der Waals surface area contributed by atoms with Crippen molar-refractivity contribution in [2.24, 2.45) is 7.05 Å². The van der Waals surface area contributed by atoms with E-state index in [9.17, 15) is 14.7 Å². The number of carbonyl (C=O) groups excluding carboxylic acids is 1. The van der Waals surface area contributed by atoms with Gasteiger partial charge in [0.2, 0.25) is 5.43 Å². The van der Waals surface area contributed by atoms with Crippen LogP contribution in [-0.2, 0) is 16.6 Å². The average Bonchev–Trinajstić information content (AvgIpc) is 2.82. The molecule has 7 nitrogen and oxygen atoms in total. The Hall–Kier alpha value is -3.68. The lowest BCUT2D eigenvalue weighted by molar-refractivity contribution is -0.128. The molecule has 1 unspecified atom stereocenters. The molecule has 0 amide bonds. The van der Waals surface area contributed by atoms with Crippen LogP contribution in [0.4, 0.5) is 0 Å². The third-order valence-electron chi connectivity index (χ3n) is 6.66. The lowest BCUT2D eigenvalue weighted by atomic mass is 9.89. The molecule has 0 saturated carbocycles. The van der Waals surface area contributed by atoms with Crippen molar-refractivity contribution in [1.29, 1.82) is 0 Å². The highest BCUT2D eigenvalue weighted by molar-refractivity contribution is 6.05. The van der Waals surface area contributed by atoms with Gasteiger partial charge in [0.1, 0.15) is 17.1 Å². The van der Waals surface area contributed by atoms with E-state index in [2.05, 4.69) is 0 Å². The Morgan fingerprint density at radius 3 is 2.67 bits per heavy atom. The molecule has 0 saturated heterocycles. The summed E-state index contributed by atoms with van der Waals surface area (Å²) in [4.78, 5) is 26.6. The van der Waals surface area contributed by atoms with E-state index in [0.717, 1.165) is 10.8 Å². The van der Waals surface area contributed by atoms with Crippen LogP contribution in [0, 0.1) is 0 Å². The van der Waals surface area contributed by atoms with E-state index >= 15 is 0 Å². The van der Waals surface area contributed by atoms with E-state index in [1.54, 1.807) is 19.3 Å². The predicted molar refractivity (Wildman–Crippen MR) is 140 cm³/mol. The minimum atomic E-state index is -0.853. The number of fused-ring (bicyclic) bond motifs is 5. The number of nitrogens with zero attached hydrogens (tertiary/aromatic N) is 1. The SMILES string of the molecule is COCCC=CC(=O)Oc1cc2c(c3c1c(=O)c1cc4ccccc4cc1n3C)C(O)CC(C)(C)O2. The Morgan fingerprint density at radius 1 is 1.22 bits per heavy atom. The second kappa shape index (κ2) is 9.08. The number of aliphatic hydroxyl groups excluding tert-OH is 1. The molecule has 7 heteroatoms. The van der Waals surface area contributed by atoms with Gasteiger partial charge in [-0.3, -0.25) is 4.79 Å². The Balaban J connectivity index is 1.81. The molecule has 36 heavy (non-hydrogen) atoms. The van der Waals surface area contributed by atoms with Gasteiger partial charge in [-0.25, -0.2) is 4.79 Å². The molecule has 0 fully saturated rings. The van der Waals surface area contributed by atoms with E-state index in [1.165, 1.54) is 6.08 Å². The first-order valence-corrected chi connectivity index (χ1v) is 12.0. The fourth-order valence-electron chi connectivity index (χ4n) is 5.05. The van der Waals surface area contributed by atoms with Gasteiger partial charge in [-0.05, 0) is 43.2 Å². The van der Waals surface area contributed by atoms with Crippen LogP contribution >= 0.6 is 0 Å². The van der Waals surface area contributed by atoms with Crippen molar-refractivity contribution >= 4 is 38.5 Å². The van der Waals surface area contributed by atoms with Gasteiger partial charge in [0.15, 0.2) is 0 Å². The zero-order valence-electron chi connectivity index (χ0n) is 20.8. The number of aromatic nitrogens is 1. The molecule has 1 N–H and O–H groups in total. The molecule has 1 aliphatic rings. The largest absolute Gasteiger partial charge is 0.487 e. The first-order chi connectivity index (χ1) is 17.2. The molecule has 186 valence electrons. The molecular weight excluding hydrogens is 458 g/mol. The van der Waals surface area contributed by atoms with Crippen LogP contribution in [0.25, 0.3) is 32.6 Å². The zero-order valence-corrected chi connectivity index (χ0v) is 20.8. The molecule has 1 aromatic heterocycles. The minimum Gasteiger partial charge on any atom is -0.487 e. The van der Waals surface area contributed by atoms with Crippen LogP contribution < -0.4 is 14.9 Å². The summed E-state index contributed by atoms with van der Waals surface area (Å²) in [6.07, 6.45) is 3.05. The fraction of sp³-hybridized carbons (Fsp3) is 0.310. The third-order valence-corrected chi connectivity index (χ3v) is 6.66. The Kier molecular flexibility index (Phi) is 6.06. The highest BCUT2D eigenvalue weighted by Crippen LogP contribution is 2.46. The number of methoxy groups -OCH3 is 1. The van der Waals surface area contributed by atoms with Gasteiger partial charge < -0.3 is 23.9 Å². The number of esters is 1. The Labute approximate surface area is 208 Å². The van der Waals surface area contributed by atoms with Crippen LogP contribution in [0.15, 0.2) is 59.4 Å². The van der Waals surface area contributed by atoms with Crippen molar-refractivity contribution in [1.82, 2.24) is 4.57 Å². The highest BCUT2D eigenvalue weighted by Gasteiger charge is 2.36. The molecule has 0 spiro atoms. The molecule has 0 radical (unpaired) electrons. The summed E-state index contributed by atoms with van der Waals surface area (Å²) in [5.41, 5.74) is 0.833. The molecule has 2 heterocycles. The third kappa shape index (κ3) is 4.14. The van der Waals surface area contributed by atoms with Crippen LogP contribution in [-0.4, -0.2) is 35.0 Å². The van der Waals surface area contributed by atoms with Gasteiger partial charge in [0, 0.05) is 50.3 Å². The van der Waals surface area contributed by atoms with E-state index in [4.69, 9.17) is 14.2 Å². The zero-order chi connectivity index (χ0) is 25.6. The van der Waals surface area contributed by atoms with E-state index < -0.39 is 17.7 Å². The first-order valence-electron chi connectivity index (χ1n) is 12.0. The normalized spacial score (nSPS) is 17.0. The van der Waals surface area contributed by atoms with Gasteiger partial charge >= 0.3 is 5.97 Å². The molecule has 5 rings (SSSR count). The van der Waals surface area contributed by atoms with Crippen LogP contribution in [0.3, 0.4) is 0 Å². The van der Waals surface area contributed by atoms with Gasteiger partial charge in [-0.2, -0.15) is 0 Å². The second-order valence-electron chi connectivity index (χ2n) is 9.80. The minimum absolute atomic E-state index is 0.103. The number of ether oxygens (including phenoxy) is 3. The molecular formula is C29H29NO6. The number of pyridine rings is 1. The summed E-state index contributed by atoms with van der Waals surface area (Å²) < 4.78 is 18.8. The number of hydrogen-bond donors (Lipinski definition) is 1. The van der Waals surface area contributed by atoms with Crippen molar-refractivity contribution in [2.45, 2.75) is 38.4 Å². The molecule has 4 aromatic rings. The van der Waals surface area contributed by atoms with Crippen molar-refractivity contribution in [3.8, 4) is 11.5 Å². The molecule has 0 bridgehead atoms. The quantitative estimate of drug-likeness (QED) is 0.141. The summed E-state index contributed by atoms with van der Waals surface area (Å²) in [6.45, 7) is 4.26. The van der Waals surface area contributed by atoms with Crippen LogP contribution in [0.5, 0.6) is 11.5 Å². The summed E-state index contributed by atoms with van der Waals surface area (Å²) >= 11 is 0. The summed E-state index contributed by atoms with van der Waals surface area (Å²) in [5, 5.41) is 13.8. The molecule has 1 aliphatic heterocycles. The Bertz CT molecular complexity index is 1600. The number of benzene rings is 3. The lowest BCUT2D eigenvalue weighted by Crippen LogP contribution is -2.35. The highest BCUT2D eigenvalue weighted by atomic mass is 16.5. The van der Waals surface area contributed by atoms with E-state index in [1.807, 2.05) is 61.9 Å². The number of hydrogen-bond acceptors (Lipinski definition) is 6. The maximum Gasteiger partial charge on any atom is 0.335 e. The number of rotatable bonds is 5. The van der Waals surface area contributed by atoms with Crippen LogP contribution in [0.1, 0.15) is 38.4 Å². The lowest BCUT2D eigenvalue weighted by Gasteiger charge is -2.36. The van der Waals surface area contributed by atoms with Gasteiger partial charge in [-0.1, -0.05) is 30.3 Å². The Morgan fingerprint density at radius 2 is 1.94 bits per heavy atom. The topological polar surface area (TPSA) is 87.0 Å². The van der Waals surface area contributed by atoms with E-state index in [-0.39, 0.29) is 16.6 Å². The molecule has 0 aliphatic carbocycles. The van der Waals surface area contributed by atoms with E-state index in [0.29, 0.717) is 47.2 Å². The van der Waals surface area contributed by atoms with Gasteiger partial charge in [-0.15, -0.1) is 0 Å². The molecule has 1 atom stereocenters.